The fourth-order valence-electron chi connectivity index (χ4n) is 1.93. The number of methoxy groups -OCH3 is 1. The smallest absolute Gasteiger partial charge is 0.330 e. The molecule has 132 valence electrons. The molecule has 0 amide bonds. The molecule has 0 unspecified atom stereocenters. The van der Waals surface area contributed by atoms with Gasteiger partial charge in [-0.2, -0.15) is 0 Å². The van der Waals surface area contributed by atoms with Crippen LogP contribution in [0.25, 0.3) is 0 Å². The molecule has 2 N–H and O–H groups in total. The lowest BCUT2D eigenvalue weighted by molar-refractivity contribution is -0.137. The van der Waals surface area contributed by atoms with E-state index in [-0.39, 0.29) is 13.2 Å². The van der Waals surface area contributed by atoms with Crippen molar-refractivity contribution in [2.45, 2.75) is 19.1 Å². The molecule has 0 spiro atoms. The SMILES string of the molecule is CCOC(=O)/C=C/C=C/[C@H](OC)[C@@H](O)c1ccc(OCCO)cc1. The predicted octanol–water partition coefficient (Wildman–Crippen LogP) is 1.78. The Morgan fingerprint density at radius 3 is 2.54 bits per heavy atom. The van der Waals surface area contributed by atoms with Crippen LogP contribution in [0, 0.1) is 0 Å². The number of aliphatic hydroxyl groups excluding tert-OH is 2. The Hall–Kier alpha value is -2.15. The first-order chi connectivity index (χ1) is 11.6. The van der Waals surface area contributed by atoms with E-state index < -0.39 is 18.2 Å². The Bertz CT molecular complexity index is 535. The van der Waals surface area contributed by atoms with Crippen molar-refractivity contribution in [3.05, 3.63) is 54.1 Å². The highest BCUT2D eigenvalue weighted by atomic mass is 16.5. The minimum absolute atomic E-state index is 0.0553. The zero-order valence-corrected chi connectivity index (χ0v) is 13.9. The van der Waals surface area contributed by atoms with E-state index in [0.29, 0.717) is 17.9 Å². The van der Waals surface area contributed by atoms with Crippen molar-refractivity contribution in [2.75, 3.05) is 26.9 Å². The average Bonchev–Trinajstić information content (AvgIpc) is 2.60. The number of benzene rings is 1. The van der Waals surface area contributed by atoms with Crippen LogP contribution >= 0.6 is 0 Å². The van der Waals surface area contributed by atoms with Gasteiger partial charge >= 0.3 is 5.97 Å². The van der Waals surface area contributed by atoms with Crippen molar-refractivity contribution in [3.8, 4) is 5.75 Å². The number of hydrogen-bond acceptors (Lipinski definition) is 6. The predicted molar refractivity (Wildman–Crippen MR) is 89.7 cm³/mol. The lowest BCUT2D eigenvalue weighted by atomic mass is 10.0. The summed E-state index contributed by atoms with van der Waals surface area (Å²) in [7, 11) is 1.49. The van der Waals surface area contributed by atoms with Crippen LogP contribution in [-0.2, 0) is 14.3 Å². The number of carbonyl (C=O) groups is 1. The van der Waals surface area contributed by atoms with E-state index in [2.05, 4.69) is 0 Å². The number of ether oxygens (including phenoxy) is 3. The van der Waals surface area contributed by atoms with E-state index in [4.69, 9.17) is 19.3 Å². The molecule has 0 fully saturated rings. The second kappa shape index (κ2) is 11.4. The Morgan fingerprint density at radius 2 is 1.96 bits per heavy atom. The number of aliphatic hydroxyl groups is 2. The van der Waals surface area contributed by atoms with E-state index in [1.54, 1.807) is 43.3 Å². The molecule has 0 aliphatic rings. The number of esters is 1. The maximum absolute atomic E-state index is 11.2. The summed E-state index contributed by atoms with van der Waals surface area (Å²) >= 11 is 0. The average molecular weight is 336 g/mol. The van der Waals surface area contributed by atoms with Crippen LogP contribution in [0.15, 0.2) is 48.6 Å². The Labute approximate surface area is 142 Å². The number of rotatable bonds is 10. The second-order valence-electron chi connectivity index (χ2n) is 4.78. The quantitative estimate of drug-likeness (QED) is 0.385. The van der Waals surface area contributed by atoms with Crippen molar-refractivity contribution < 1.29 is 29.2 Å². The standard InChI is InChI=1S/C18H24O6/c1-3-23-17(20)7-5-4-6-16(22-2)18(21)14-8-10-15(11-9-14)24-13-12-19/h4-11,16,18-19,21H,3,12-13H2,1-2H3/b6-4+,7-5+/t16-,18-/m0/s1. The monoisotopic (exact) mass is 336 g/mol. The van der Waals surface area contributed by atoms with E-state index in [9.17, 15) is 9.90 Å². The van der Waals surface area contributed by atoms with E-state index >= 15 is 0 Å². The van der Waals surface area contributed by atoms with Crippen LogP contribution in [0.2, 0.25) is 0 Å². The van der Waals surface area contributed by atoms with Gasteiger partial charge in [0.05, 0.1) is 13.2 Å². The lowest BCUT2D eigenvalue weighted by Crippen LogP contribution is -2.18. The molecule has 0 aliphatic carbocycles. The minimum atomic E-state index is -0.867. The van der Waals surface area contributed by atoms with Crippen molar-refractivity contribution in [1.82, 2.24) is 0 Å². The van der Waals surface area contributed by atoms with Gasteiger partial charge in [-0.25, -0.2) is 4.79 Å². The molecular formula is C18H24O6. The first-order valence-corrected chi connectivity index (χ1v) is 7.68. The minimum Gasteiger partial charge on any atom is -0.491 e. The molecule has 6 heteroatoms. The zero-order valence-electron chi connectivity index (χ0n) is 13.9. The topological polar surface area (TPSA) is 85.2 Å². The third-order valence-corrected chi connectivity index (χ3v) is 3.10. The van der Waals surface area contributed by atoms with E-state index in [1.807, 2.05) is 0 Å². The number of carbonyl (C=O) groups excluding carboxylic acids is 1. The first kappa shape index (κ1) is 19.9. The second-order valence-corrected chi connectivity index (χ2v) is 4.78. The van der Waals surface area contributed by atoms with Crippen LogP contribution in [0.1, 0.15) is 18.6 Å². The summed E-state index contributed by atoms with van der Waals surface area (Å²) in [6.07, 6.45) is 4.66. The molecule has 1 aromatic rings. The molecule has 24 heavy (non-hydrogen) atoms. The van der Waals surface area contributed by atoms with Crippen LogP contribution in [0.3, 0.4) is 0 Å². The van der Waals surface area contributed by atoms with Crippen molar-refractivity contribution in [1.29, 1.82) is 0 Å². The third-order valence-electron chi connectivity index (χ3n) is 3.10. The van der Waals surface area contributed by atoms with Gasteiger partial charge in [0.1, 0.15) is 24.6 Å². The van der Waals surface area contributed by atoms with Gasteiger partial charge in [-0.1, -0.05) is 30.4 Å². The molecule has 0 aliphatic heterocycles. The summed E-state index contributed by atoms with van der Waals surface area (Å²) in [4.78, 5) is 11.2. The molecule has 0 aromatic heterocycles. The summed E-state index contributed by atoms with van der Waals surface area (Å²) in [5.74, 6) is 0.192. The van der Waals surface area contributed by atoms with Crippen LogP contribution in [0.5, 0.6) is 5.75 Å². The van der Waals surface area contributed by atoms with Gasteiger partial charge in [0, 0.05) is 13.2 Å². The summed E-state index contributed by atoms with van der Waals surface area (Å²) in [6, 6.07) is 6.88. The molecule has 0 bridgehead atoms. The molecular weight excluding hydrogens is 312 g/mol. The van der Waals surface area contributed by atoms with Gasteiger partial charge in [0.25, 0.3) is 0 Å². The molecule has 0 radical (unpaired) electrons. The molecule has 0 saturated heterocycles. The van der Waals surface area contributed by atoms with Gasteiger partial charge in [-0.05, 0) is 24.6 Å². The van der Waals surface area contributed by atoms with Crippen molar-refractivity contribution in [2.24, 2.45) is 0 Å². The number of hydrogen-bond donors (Lipinski definition) is 2. The van der Waals surface area contributed by atoms with Crippen molar-refractivity contribution >= 4 is 5.97 Å². The molecule has 6 nitrogen and oxygen atoms in total. The summed E-state index contributed by atoms with van der Waals surface area (Å²) < 4.78 is 15.3. The maximum Gasteiger partial charge on any atom is 0.330 e. The van der Waals surface area contributed by atoms with Crippen LogP contribution in [-0.4, -0.2) is 49.2 Å². The van der Waals surface area contributed by atoms with Gasteiger partial charge in [0.15, 0.2) is 0 Å². The highest BCUT2D eigenvalue weighted by Gasteiger charge is 2.17. The number of allylic oxidation sites excluding steroid dienone is 2. The van der Waals surface area contributed by atoms with E-state index in [1.165, 1.54) is 19.3 Å². The largest absolute Gasteiger partial charge is 0.491 e. The normalized spacial score (nSPS) is 14.0. The molecule has 2 atom stereocenters. The van der Waals surface area contributed by atoms with Crippen LogP contribution < -0.4 is 4.74 Å². The van der Waals surface area contributed by atoms with Crippen LogP contribution in [0.4, 0.5) is 0 Å². The fraction of sp³-hybridized carbons (Fsp3) is 0.389. The van der Waals surface area contributed by atoms with Gasteiger partial charge < -0.3 is 24.4 Å². The summed E-state index contributed by atoms with van der Waals surface area (Å²) in [6.45, 7) is 2.22. The van der Waals surface area contributed by atoms with E-state index in [0.717, 1.165) is 0 Å². The Morgan fingerprint density at radius 1 is 1.25 bits per heavy atom. The highest BCUT2D eigenvalue weighted by molar-refractivity contribution is 5.82. The molecule has 1 rings (SSSR count). The molecule has 1 aromatic carbocycles. The lowest BCUT2D eigenvalue weighted by Gasteiger charge is -2.19. The maximum atomic E-state index is 11.2. The summed E-state index contributed by atoms with van der Waals surface area (Å²) in [5, 5.41) is 19.1. The molecule has 0 heterocycles. The van der Waals surface area contributed by atoms with Gasteiger partial charge in [0.2, 0.25) is 0 Å². The summed E-state index contributed by atoms with van der Waals surface area (Å²) in [5.41, 5.74) is 0.664. The zero-order chi connectivity index (χ0) is 17.8. The first-order valence-electron chi connectivity index (χ1n) is 7.68. The Balaban J connectivity index is 2.65. The van der Waals surface area contributed by atoms with Gasteiger partial charge in [-0.15, -0.1) is 0 Å². The highest BCUT2D eigenvalue weighted by Crippen LogP contribution is 2.22. The Kier molecular flexibility index (Phi) is 9.45. The fourth-order valence-corrected chi connectivity index (χ4v) is 1.93. The van der Waals surface area contributed by atoms with Gasteiger partial charge in [-0.3, -0.25) is 0 Å². The third kappa shape index (κ3) is 6.95. The molecule has 0 saturated carbocycles. The van der Waals surface area contributed by atoms with Crippen molar-refractivity contribution in [3.63, 3.8) is 0 Å².